The summed E-state index contributed by atoms with van der Waals surface area (Å²) >= 11 is 2.95. The first-order valence-electron chi connectivity index (χ1n) is 8.03. The molecule has 0 aliphatic carbocycles. The first-order chi connectivity index (χ1) is 13.2. The Morgan fingerprint density at radius 1 is 1.19 bits per heavy atom. The maximum atomic E-state index is 5.64. The Balaban J connectivity index is 1.37. The second-order valence-electron chi connectivity index (χ2n) is 5.53. The van der Waals surface area contributed by atoms with Crippen LogP contribution in [0, 0.1) is 6.92 Å². The monoisotopic (exact) mass is 401 g/mol. The highest BCUT2D eigenvalue weighted by Crippen LogP contribution is 2.25. The molecule has 0 atom stereocenters. The minimum atomic E-state index is 0.439. The van der Waals surface area contributed by atoms with Crippen molar-refractivity contribution in [3.63, 3.8) is 0 Å². The van der Waals surface area contributed by atoms with Crippen molar-refractivity contribution in [2.75, 3.05) is 7.11 Å². The average Bonchev–Trinajstić information content (AvgIpc) is 3.42. The van der Waals surface area contributed by atoms with Crippen molar-refractivity contribution >= 4 is 23.1 Å². The molecule has 0 aliphatic heterocycles. The van der Waals surface area contributed by atoms with Gasteiger partial charge in [0.25, 0.3) is 5.22 Å². The lowest BCUT2D eigenvalue weighted by molar-refractivity contribution is 0.389. The van der Waals surface area contributed by atoms with E-state index in [2.05, 4.69) is 25.3 Å². The highest BCUT2D eigenvalue weighted by Gasteiger charge is 2.13. The van der Waals surface area contributed by atoms with Crippen LogP contribution in [0.15, 0.2) is 43.8 Å². The summed E-state index contributed by atoms with van der Waals surface area (Å²) in [4.78, 5) is 8.79. The summed E-state index contributed by atoms with van der Waals surface area (Å²) in [6.45, 7) is 1.97. The summed E-state index contributed by atoms with van der Waals surface area (Å²) in [5.41, 5.74) is 1.76. The summed E-state index contributed by atoms with van der Waals surface area (Å²) in [6.07, 6.45) is 0.526. The van der Waals surface area contributed by atoms with Gasteiger partial charge in [-0.15, -0.1) is 21.5 Å². The standard InChI is InChI=1S/C17H15N5O3S2/c1-10-18-12(8-26-10)7-14-20-21-17(24-14)27-9-15-19-16(22-25-15)11-4-3-5-13(6-11)23-2/h3-6,8H,7,9H2,1-2H3. The zero-order valence-corrected chi connectivity index (χ0v) is 16.2. The van der Waals surface area contributed by atoms with Crippen LogP contribution in [0.3, 0.4) is 0 Å². The predicted molar refractivity (Wildman–Crippen MR) is 99.8 cm³/mol. The number of nitrogens with zero attached hydrogens (tertiary/aromatic N) is 5. The fraction of sp³-hybridized carbons (Fsp3) is 0.235. The molecule has 4 rings (SSSR count). The van der Waals surface area contributed by atoms with E-state index in [-0.39, 0.29) is 0 Å². The van der Waals surface area contributed by atoms with Gasteiger partial charge in [-0.3, -0.25) is 0 Å². The van der Waals surface area contributed by atoms with Crippen LogP contribution < -0.4 is 4.74 Å². The van der Waals surface area contributed by atoms with Crippen molar-refractivity contribution in [3.8, 4) is 17.1 Å². The molecular formula is C17H15N5O3S2. The molecule has 27 heavy (non-hydrogen) atoms. The topological polar surface area (TPSA) is 100.0 Å². The van der Waals surface area contributed by atoms with Gasteiger partial charge in [-0.05, 0) is 19.1 Å². The average molecular weight is 401 g/mol. The molecule has 3 heterocycles. The molecule has 1 aromatic carbocycles. The second-order valence-corrected chi connectivity index (χ2v) is 7.52. The van der Waals surface area contributed by atoms with E-state index in [1.807, 2.05) is 36.6 Å². The number of aromatic nitrogens is 5. The minimum absolute atomic E-state index is 0.439. The van der Waals surface area contributed by atoms with E-state index in [4.69, 9.17) is 13.7 Å². The number of rotatable bonds is 7. The Kier molecular flexibility index (Phi) is 5.16. The number of ether oxygens (including phenoxy) is 1. The SMILES string of the molecule is COc1cccc(-c2noc(CSc3nnc(Cc4csc(C)n4)o3)n2)c1. The van der Waals surface area contributed by atoms with E-state index < -0.39 is 0 Å². The molecule has 0 N–H and O–H groups in total. The lowest BCUT2D eigenvalue weighted by Gasteiger charge is -1.99. The van der Waals surface area contributed by atoms with Crippen molar-refractivity contribution in [2.45, 2.75) is 24.3 Å². The number of methoxy groups -OCH3 is 1. The first kappa shape index (κ1) is 17.7. The molecular weight excluding hydrogens is 386 g/mol. The first-order valence-corrected chi connectivity index (χ1v) is 9.89. The van der Waals surface area contributed by atoms with Crippen molar-refractivity contribution in [1.29, 1.82) is 0 Å². The Morgan fingerprint density at radius 3 is 2.93 bits per heavy atom. The van der Waals surface area contributed by atoms with E-state index in [0.29, 0.717) is 35.0 Å². The van der Waals surface area contributed by atoms with Crippen LogP contribution in [0.25, 0.3) is 11.4 Å². The smallest absolute Gasteiger partial charge is 0.277 e. The second kappa shape index (κ2) is 7.89. The zero-order chi connectivity index (χ0) is 18.6. The lowest BCUT2D eigenvalue weighted by Crippen LogP contribution is -1.88. The third-order valence-corrected chi connectivity index (χ3v) is 5.19. The normalized spacial score (nSPS) is 11.0. The Labute approximate surface area is 163 Å². The van der Waals surface area contributed by atoms with Gasteiger partial charge in [0, 0.05) is 10.9 Å². The van der Waals surface area contributed by atoms with Gasteiger partial charge in [-0.1, -0.05) is 29.1 Å². The summed E-state index contributed by atoms with van der Waals surface area (Å²) in [7, 11) is 1.62. The van der Waals surface area contributed by atoms with Gasteiger partial charge < -0.3 is 13.7 Å². The van der Waals surface area contributed by atoms with Crippen molar-refractivity contribution in [3.05, 3.63) is 52.1 Å². The van der Waals surface area contributed by atoms with E-state index in [0.717, 1.165) is 22.0 Å². The van der Waals surface area contributed by atoms with Crippen LogP contribution in [0.5, 0.6) is 5.75 Å². The van der Waals surface area contributed by atoms with Crippen LogP contribution in [0.2, 0.25) is 0 Å². The van der Waals surface area contributed by atoms with Gasteiger partial charge in [0.15, 0.2) is 0 Å². The van der Waals surface area contributed by atoms with Crippen LogP contribution in [0.4, 0.5) is 0 Å². The van der Waals surface area contributed by atoms with Gasteiger partial charge in [0.2, 0.25) is 17.6 Å². The molecule has 138 valence electrons. The molecule has 0 aliphatic rings. The molecule has 0 radical (unpaired) electrons. The number of thioether (sulfide) groups is 1. The highest BCUT2D eigenvalue weighted by molar-refractivity contribution is 7.98. The van der Waals surface area contributed by atoms with Gasteiger partial charge in [0.05, 0.1) is 30.0 Å². The Bertz CT molecular complexity index is 1040. The molecule has 0 saturated heterocycles. The maximum Gasteiger partial charge on any atom is 0.277 e. The number of benzene rings is 1. The summed E-state index contributed by atoms with van der Waals surface area (Å²) in [6, 6.07) is 7.49. The Hall–Kier alpha value is -2.72. The predicted octanol–water partition coefficient (Wildman–Crippen LogP) is 3.78. The van der Waals surface area contributed by atoms with Gasteiger partial charge >= 0.3 is 0 Å². The summed E-state index contributed by atoms with van der Waals surface area (Å²) < 4.78 is 16.2. The lowest BCUT2D eigenvalue weighted by atomic mass is 10.2. The fourth-order valence-electron chi connectivity index (χ4n) is 2.33. The molecule has 0 spiro atoms. The third kappa shape index (κ3) is 4.34. The highest BCUT2D eigenvalue weighted by atomic mass is 32.2. The number of aryl methyl sites for hydroxylation is 1. The van der Waals surface area contributed by atoms with Gasteiger partial charge in [-0.2, -0.15) is 4.98 Å². The fourth-order valence-corrected chi connectivity index (χ4v) is 3.56. The van der Waals surface area contributed by atoms with Crippen LogP contribution >= 0.6 is 23.1 Å². The molecule has 0 saturated carbocycles. The molecule has 0 fully saturated rings. The molecule has 10 heteroatoms. The number of hydrogen-bond acceptors (Lipinski definition) is 10. The van der Waals surface area contributed by atoms with Crippen LogP contribution in [0.1, 0.15) is 22.5 Å². The third-order valence-electron chi connectivity index (χ3n) is 3.56. The summed E-state index contributed by atoms with van der Waals surface area (Å²) in [5.74, 6) is 2.70. The molecule has 8 nitrogen and oxygen atoms in total. The quantitative estimate of drug-likeness (QED) is 0.428. The van der Waals surface area contributed by atoms with Crippen LogP contribution in [-0.2, 0) is 12.2 Å². The van der Waals surface area contributed by atoms with Gasteiger partial charge in [-0.25, -0.2) is 4.98 Å². The van der Waals surface area contributed by atoms with E-state index >= 15 is 0 Å². The largest absolute Gasteiger partial charge is 0.497 e. The Morgan fingerprint density at radius 2 is 2.11 bits per heavy atom. The molecule has 0 amide bonds. The van der Waals surface area contributed by atoms with E-state index in [9.17, 15) is 0 Å². The van der Waals surface area contributed by atoms with E-state index in [1.54, 1.807) is 18.4 Å². The number of thiazole rings is 1. The summed E-state index contributed by atoms with van der Waals surface area (Å²) in [5, 5.41) is 15.6. The molecule has 0 unspecified atom stereocenters. The molecule has 3 aromatic heterocycles. The van der Waals surface area contributed by atoms with Crippen LogP contribution in [-0.4, -0.2) is 32.4 Å². The minimum Gasteiger partial charge on any atom is -0.497 e. The van der Waals surface area contributed by atoms with E-state index in [1.165, 1.54) is 11.8 Å². The maximum absolute atomic E-state index is 5.64. The van der Waals surface area contributed by atoms with Crippen molar-refractivity contribution in [1.82, 2.24) is 25.3 Å². The zero-order valence-electron chi connectivity index (χ0n) is 14.6. The molecule has 0 bridgehead atoms. The van der Waals surface area contributed by atoms with Crippen molar-refractivity contribution < 1.29 is 13.7 Å². The van der Waals surface area contributed by atoms with Crippen molar-refractivity contribution in [2.24, 2.45) is 0 Å². The number of hydrogen-bond donors (Lipinski definition) is 0. The van der Waals surface area contributed by atoms with Gasteiger partial charge in [0.1, 0.15) is 5.75 Å². The molecule has 4 aromatic rings.